The van der Waals surface area contributed by atoms with Crippen molar-refractivity contribution in [3.05, 3.63) is 107 Å². The van der Waals surface area contributed by atoms with E-state index in [2.05, 4.69) is 10.6 Å². The highest BCUT2D eigenvalue weighted by Crippen LogP contribution is 2.24. The Morgan fingerprint density at radius 2 is 1.56 bits per heavy atom. The topological polar surface area (TPSA) is 78.5 Å². The molecule has 0 aromatic heterocycles. The number of amides is 3. The summed E-state index contributed by atoms with van der Waals surface area (Å²) in [6.45, 7) is 2.75. The van der Waals surface area contributed by atoms with Crippen LogP contribution in [0.4, 0.5) is 0 Å². The third-order valence-corrected chi connectivity index (χ3v) is 6.19. The van der Waals surface area contributed by atoms with Crippen LogP contribution in [0.15, 0.2) is 84.9 Å². The number of benzene rings is 3. The van der Waals surface area contributed by atoms with Gasteiger partial charge < -0.3 is 15.5 Å². The van der Waals surface area contributed by atoms with E-state index in [1.807, 2.05) is 79.7 Å². The smallest absolute Gasteiger partial charge is 0.252 e. The van der Waals surface area contributed by atoms with Gasteiger partial charge in [0.25, 0.3) is 5.91 Å². The summed E-state index contributed by atoms with van der Waals surface area (Å²) in [6, 6.07) is 24.7. The molecule has 2 atom stereocenters. The molecule has 174 valence electrons. The Bertz CT molecular complexity index is 1150. The van der Waals surface area contributed by atoms with Gasteiger partial charge >= 0.3 is 0 Å². The molecule has 0 radical (unpaired) electrons. The monoisotopic (exact) mass is 455 g/mol. The number of carbonyl (C=O) groups excluding carboxylic acids is 3. The van der Waals surface area contributed by atoms with Crippen LogP contribution in [0.3, 0.4) is 0 Å². The van der Waals surface area contributed by atoms with Crippen LogP contribution < -0.4 is 10.6 Å². The van der Waals surface area contributed by atoms with Crippen LogP contribution in [0.25, 0.3) is 0 Å². The third kappa shape index (κ3) is 5.34. The van der Waals surface area contributed by atoms with Crippen molar-refractivity contribution in [1.29, 1.82) is 0 Å². The summed E-state index contributed by atoms with van der Waals surface area (Å²) in [5.41, 5.74) is 3.04. The Labute approximate surface area is 200 Å². The lowest BCUT2D eigenvalue weighted by atomic mass is 10.0. The highest BCUT2D eigenvalue weighted by molar-refractivity contribution is 5.99. The van der Waals surface area contributed by atoms with Crippen molar-refractivity contribution >= 4 is 17.7 Å². The number of hydrogen-bond donors (Lipinski definition) is 2. The van der Waals surface area contributed by atoms with Crippen LogP contribution >= 0.6 is 0 Å². The molecule has 0 spiro atoms. The summed E-state index contributed by atoms with van der Waals surface area (Å²) in [5.74, 6) is -0.762. The van der Waals surface area contributed by atoms with E-state index < -0.39 is 12.1 Å². The Kier molecular flexibility index (Phi) is 7.38. The number of hydrogen-bond acceptors (Lipinski definition) is 3. The van der Waals surface area contributed by atoms with Gasteiger partial charge in [-0.1, -0.05) is 78.9 Å². The summed E-state index contributed by atoms with van der Waals surface area (Å²) in [7, 11) is 0. The molecule has 1 fully saturated rings. The van der Waals surface area contributed by atoms with Crippen LogP contribution in [-0.2, 0) is 16.1 Å². The van der Waals surface area contributed by atoms with Gasteiger partial charge in [-0.2, -0.15) is 0 Å². The van der Waals surface area contributed by atoms with Gasteiger partial charge in [0.05, 0.1) is 0 Å². The maximum atomic E-state index is 13.7. The molecular formula is C28H29N3O3. The molecule has 4 rings (SSSR count). The van der Waals surface area contributed by atoms with Crippen molar-refractivity contribution in [3.63, 3.8) is 0 Å². The van der Waals surface area contributed by atoms with Crippen molar-refractivity contribution < 1.29 is 14.4 Å². The molecule has 0 aliphatic carbocycles. The van der Waals surface area contributed by atoms with Gasteiger partial charge in [-0.25, -0.2) is 0 Å². The molecule has 0 unspecified atom stereocenters. The molecule has 1 aliphatic rings. The lowest BCUT2D eigenvalue weighted by Crippen LogP contribution is -2.50. The summed E-state index contributed by atoms with van der Waals surface area (Å²) < 4.78 is 0. The van der Waals surface area contributed by atoms with Crippen LogP contribution in [0.1, 0.15) is 45.9 Å². The molecule has 6 nitrogen and oxygen atoms in total. The zero-order valence-electron chi connectivity index (χ0n) is 19.2. The minimum atomic E-state index is -0.879. The predicted molar refractivity (Wildman–Crippen MR) is 131 cm³/mol. The minimum absolute atomic E-state index is 0.174. The fraction of sp³-hybridized carbons (Fsp3) is 0.250. The zero-order chi connectivity index (χ0) is 23.9. The molecule has 3 amide bonds. The van der Waals surface area contributed by atoms with Crippen molar-refractivity contribution in [2.45, 2.75) is 38.4 Å². The van der Waals surface area contributed by atoms with E-state index in [4.69, 9.17) is 0 Å². The molecule has 34 heavy (non-hydrogen) atoms. The van der Waals surface area contributed by atoms with E-state index in [1.165, 1.54) is 0 Å². The maximum absolute atomic E-state index is 13.7. The largest absolute Gasteiger partial charge is 0.350 e. The Balaban J connectivity index is 1.52. The van der Waals surface area contributed by atoms with Gasteiger partial charge in [-0.3, -0.25) is 14.4 Å². The summed E-state index contributed by atoms with van der Waals surface area (Å²) in [5, 5.41) is 5.88. The Morgan fingerprint density at radius 3 is 2.26 bits per heavy atom. The quantitative estimate of drug-likeness (QED) is 0.569. The normalized spacial score (nSPS) is 16.0. The number of nitrogens with one attached hydrogen (secondary N) is 2. The highest BCUT2D eigenvalue weighted by atomic mass is 16.2. The van der Waals surface area contributed by atoms with E-state index in [0.717, 1.165) is 17.5 Å². The lowest BCUT2D eigenvalue weighted by Gasteiger charge is -2.29. The molecule has 3 aromatic carbocycles. The van der Waals surface area contributed by atoms with Gasteiger partial charge in [0.15, 0.2) is 0 Å². The molecule has 0 saturated carbocycles. The average molecular weight is 456 g/mol. The molecule has 3 aromatic rings. The van der Waals surface area contributed by atoms with Gasteiger partial charge in [-0.05, 0) is 42.5 Å². The van der Waals surface area contributed by atoms with E-state index in [9.17, 15) is 14.4 Å². The number of rotatable bonds is 7. The first-order valence-corrected chi connectivity index (χ1v) is 11.6. The first kappa shape index (κ1) is 23.2. The zero-order valence-corrected chi connectivity index (χ0v) is 19.2. The number of nitrogens with zero attached hydrogens (tertiary/aromatic N) is 1. The molecule has 0 bridgehead atoms. The molecule has 1 aliphatic heterocycles. The Morgan fingerprint density at radius 1 is 0.912 bits per heavy atom. The van der Waals surface area contributed by atoms with E-state index in [-0.39, 0.29) is 17.7 Å². The molecule has 1 heterocycles. The van der Waals surface area contributed by atoms with Crippen LogP contribution in [0.2, 0.25) is 0 Å². The predicted octanol–water partition coefficient (Wildman–Crippen LogP) is 3.77. The van der Waals surface area contributed by atoms with Crippen LogP contribution in [-0.4, -0.2) is 35.2 Å². The summed E-state index contributed by atoms with van der Waals surface area (Å²) >= 11 is 0. The third-order valence-electron chi connectivity index (χ3n) is 6.19. The molecular weight excluding hydrogens is 426 g/mol. The first-order valence-electron chi connectivity index (χ1n) is 11.6. The molecule has 6 heteroatoms. The molecule has 2 N–H and O–H groups in total. The fourth-order valence-corrected chi connectivity index (χ4v) is 4.34. The fourth-order valence-electron chi connectivity index (χ4n) is 4.34. The minimum Gasteiger partial charge on any atom is -0.350 e. The van der Waals surface area contributed by atoms with Crippen LogP contribution in [0, 0.1) is 6.92 Å². The van der Waals surface area contributed by atoms with Gasteiger partial charge in [0.2, 0.25) is 11.8 Å². The summed E-state index contributed by atoms with van der Waals surface area (Å²) in [4.78, 5) is 41.4. The average Bonchev–Trinajstić information content (AvgIpc) is 3.37. The SMILES string of the molecule is Cc1ccccc1C(=O)N[C@H](C(=O)N1CCC[C@H]1C(=O)NCc1ccccc1)c1ccccc1. The van der Waals surface area contributed by atoms with E-state index >= 15 is 0 Å². The maximum Gasteiger partial charge on any atom is 0.252 e. The van der Waals surface area contributed by atoms with Crippen molar-refractivity contribution in [2.24, 2.45) is 0 Å². The van der Waals surface area contributed by atoms with E-state index in [1.54, 1.807) is 17.0 Å². The van der Waals surface area contributed by atoms with Gasteiger partial charge in [-0.15, -0.1) is 0 Å². The molecule has 1 saturated heterocycles. The van der Waals surface area contributed by atoms with Crippen molar-refractivity contribution in [2.75, 3.05) is 6.54 Å². The second-order valence-electron chi connectivity index (χ2n) is 8.53. The number of likely N-dealkylation sites (tertiary alicyclic amines) is 1. The van der Waals surface area contributed by atoms with Crippen molar-refractivity contribution in [3.8, 4) is 0 Å². The van der Waals surface area contributed by atoms with E-state index in [0.29, 0.717) is 30.6 Å². The second kappa shape index (κ2) is 10.8. The number of carbonyl (C=O) groups is 3. The number of aryl methyl sites for hydroxylation is 1. The standard InChI is InChI=1S/C28H29N3O3/c1-20-11-8-9-16-23(20)26(32)30-25(22-14-6-3-7-15-22)28(34)31-18-10-17-24(31)27(33)29-19-21-12-4-2-5-13-21/h2-9,11-16,24-25H,10,17-19H2,1H3,(H,29,33)(H,30,32)/t24-,25-/m0/s1. The van der Waals surface area contributed by atoms with Gasteiger partial charge in [0.1, 0.15) is 12.1 Å². The second-order valence-corrected chi connectivity index (χ2v) is 8.53. The highest BCUT2D eigenvalue weighted by Gasteiger charge is 2.38. The Hall–Kier alpha value is -3.93. The first-order chi connectivity index (χ1) is 16.5. The van der Waals surface area contributed by atoms with Gasteiger partial charge in [0, 0.05) is 18.7 Å². The van der Waals surface area contributed by atoms with Crippen molar-refractivity contribution in [1.82, 2.24) is 15.5 Å². The summed E-state index contributed by atoms with van der Waals surface area (Å²) in [6.07, 6.45) is 1.34. The lowest BCUT2D eigenvalue weighted by molar-refractivity contribution is -0.140. The van der Waals surface area contributed by atoms with Crippen LogP contribution in [0.5, 0.6) is 0 Å².